The van der Waals surface area contributed by atoms with Crippen LogP contribution in [-0.2, 0) is 0 Å². The second-order valence-electron chi connectivity index (χ2n) is 3.77. The third kappa shape index (κ3) is 2.92. The van der Waals surface area contributed by atoms with E-state index in [2.05, 4.69) is 19.9 Å². The number of imidazole rings is 1. The zero-order valence-electron chi connectivity index (χ0n) is 9.77. The molecule has 3 rings (SSSR count). The standard InChI is InChI=1S/C13H9ClN4.ClH/c14-12-11-13(16-8-15-11)18-10(17-12)7-6-9-4-2-1-3-5-9;/h1-8H,(H,15,16,17,18);1H/b7-6+;. The summed E-state index contributed by atoms with van der Waals surface area (Å²) in [4.78, 5) is 14.5. The molecular formula is C13H10Cl2N4. The molecule has 0 aliphatic rings. The van der Waals surface area contributed by atoms with Crippen LogP contribution in [-0.4, -0.2) is 15.0 Å². The summed E-state index contributed by atoms with van der Waals surface area (Å²) >= 11 is 6.05. The van der Waals surface area contributed by atoms with Crippen LogP contribution >= 0.6 is 11.6 Å². The minimum absolute atomic E-state index is 0. The van der Waals surface area contributed by atoms with Gasteiger partial charge < -0.3 is 12.4 Å². The van der Waals surface area contributed by atoms with E-state index in [0.717, 1.165) is 5.56 Å². The summed E-state index contributed by atoms with van der Waals surface area (Å²) in [6, 6.07) is 9.97. The predicted molar refractivity (Wildman–Crippen MR) is 70.8 cm³/mol. The van der Waals surface area contributed by atoms with Crippen LogP contribution in [0.15, 0.2) is 36.7 Å². The molecule has 6 heteroatoms. The monoisotopic (exact) mass is 292 g/mol. The van der Waals surface area contributed by atoms with Gasteiger partial charge in [-0.3, -0.25) is 4.98 Å². The summed E-state index contributed by atoms with van der Waals surface area (Å²) < 4.78 is 0. The Morgan fingerprint density at radius 2 is 1.89 bits per heavy atom. The molecule has 2 heterocycles. The highest BCUT2D eigenvalue weighted by atomic mass is 35.5. The van der Waals surface area contributed by atoms with Gasteiger partial charge in [0.25, 0.3) is 0 Å². The molecule has 0 aliphatic carbocycles. The van der Waals surface area contributed by atoms with Crippen LogP contribution in [0.25, 0.3) is 23.3 Å². The topological polar surface area (TPSA) is 55.7 Å². The molecule has 96 valence electrons. The number of hydrogen-bond donors (Lipinski definition) is 1. The third-order valence-corrected chi connectivity index (χ3v) is 2.81. The molecule has 19 heavy (non-hydrogen) atoms. The van der Waals surface area contributed by atoms with E-state index in [1.165, 1.54) is 0 Å². The molecule has 1 aromatic carbocycles. The fourth-order valence-corrected chi connectivity index (χ4v) is 1.90. The van der Waals surface area contributed by atoms with Gasteiger partial charge in [0, 0.05) is 6.08 Å². The number of aromatic nitrogens is 4. The van der Waals surface area contributed by atoms with Gasteiger partial charge in [0.2, 0.25) is 11.3 Å². The Hall–Kier alpha value is -1.91. The first-order chi connectivity index (χ1) is 8.83. The van der Waals surface area contributed by atoms with Gasteiger partial charge in [-0.1, -0.05) is 46.9 Å². The van der Waals surface area contributed by atoms with Crippen LogP contribution in [0, 0.1) is 0 Å². The maximum atomic E-state index is 6.05. The largest absolute Gasteiger partial charge is 1.00 e. The number of hydrogen-bond acceptors (Lipinski definition) is 2. The lowest BCUT2D eigenvalue weighted by Crippen LogP contribution is -3.00. The number of nitrogens with zero attached hydrogens (tertiary/aromatic N) is 2. The molecule has 3 aromatic rings. The fourth-order valence-electron chi connectivity index (χ4n) is 1.67. The average molecular weight is 293 g/mol. The number of fused-ring (bicyclic) bond motifs is 1. The molecule has 4 nitrogen and oxygen atoms in total. The zero-order valence-corrected chi connectivity index (χ0v) is 11.3. The molecular weight excluding hydrogens is 283 g/mol. The maximum absolute atomic E-state index is 6.05. The summed E-state index contributed by atoms with van der Waals surface area (Å²) in [5.41, 5.74) is 2.51. The molecule has 0 unspecified atom stereocenters. The smallest absolute Gasteiger partial charge is 0.304 e. The number of nitrogens with one attached hydrogen (secondary N) is 2. The van der Waals surface area contributed by atoms with Crippen molar-refractivity contribution in [3.8, 4) is 0 Å². The molecule has 0 saturated carbocycles. The molecule has 0 amide bonds. The van der Waals surface area contributed by atoms with Gasteiger partial charge in [-0.05, 0) is 11.6 Å². The Morgan fingerprint density at radius 3 is 2.68 bits per heavy atom. The van der Waals surface area contributed by atoms with Gasteiger partial charge in [0.15, 0.2) is 11.5 Å². The quantitative estimate of drug-likeness (QED) is 0.654. The second kappa shape index (κ2) is 5.82. The highest BCUT2D eigenvalue weighted by molar-refractivity contribution is 6.33. The van der Waals surface area contributed by atoms with E-state index in [4.69, 9.17) is 11.6 Å². The fraction of sp³-hybridized carbons (Fsp3) is 0. The van der Waals surface area contributed by atoms with Crippen LogP contribution in [0.4, 0.5) is 0 Å². The van der Waals surface area contributed by atoms with E-state index in [1.807, 2.05) is 42.5 Å². The van der Waals surface area contributed by atoms with Crippen molar-refractivity contribution in [2.24, 2.45) is 0 Å². The van der Waals surface area contributed by atoms with Gasteiger partial charge in [0.1, 0.15) is 0 Å². The lowest BCUT2D eigenvalue weighted by molar-refractivity contribution is -0.347. The number of halogens is 2. The third-order valence-electron chi connectivity index (χ3n) is 2.53. The van der Waals surface area contributed by atoms with E-state index in [0.29, 0.717) is 22.1 Å². The minimum Gasteiger partial charge on any atom is -1.00 e. The van der Waals surface area contributed by atoms with E-state index in [1.54, 1.807) is 6.33 Å². The molecule has 0 bridgehead atoms. The maximum Gasteiger partial charge on any atom is 0.304 e. The Morgan fingerprint density at radius 1 is 1.11 bits per heavy atom. The predicted octanol–water partition coefficient (Wildman–Crippen LogP) is -0.400. The highest BCUT2D eigenvalue weighted by Crippen LogP contribution is 2.15. The number of aromatic amines is 2. The molecule has 2 N–H and O–H groups in total. The summed E-state index contributed by atoms with van der Waals surface area (Å²) in [6.45, 7) is 0. The van der Waals surface area contributed by atoms with Crippen molar-refractivity contribution >= 4 is 34.9 Å². The normalized spacial score (nSPS) is 10.8. The number of rotatable bonds is 2. The van der Waals surface area contributed by atoms with Crippen LogP contribution in [0.3, 0.4) is 0 Å². The molecule has 0 saturated heterocycles. The average Bonchev–Trinajstić information content (AvgIpc) is 2.86. The lowest BCUT2D eigenvalue weighted by Gasteiger charge is -1.91. The summed E-state index contributed by atoms with van der Waals surface area (Å²) in [7, 11) is 0. The summed E-state index contributed by atoms with van der Waals surface area (Å²) in [5.74, 6) is 0.576. The van der Waals surface area contributed by atoms with Crippen molar-refractivity contribution < 1.29 is 17.4 Å². The van der Waals surface area contributed by atoms with Crippen molar-refractivity contribution in [2.45, 2.75) is 0 Å². The summed E-state index contributed by atoms with van der Waals surface area (Å²) in [5, 5.41) is 0.411. The van der Waals surface area contributed by atoms with Gasteiger partial charge in [0.05, 0.1) is 0 Å². The second-order valence-corrected chi connectivity index (χ2v) is 4.13. The molecule has 0 spiro atoms. The minimum atomic E-state index is 0. The number of H-pyrrole nitrogens is 2. The zero-order chi connectivity index (χ0) is 12.4. The molecule has 0 aliphatic heterocycles. The first-order valence-corrected chi connectivity index (χ1v) is 5.86. The summed E-state index contributed by atoms with van der Waals surface area (Å²) in [6.07, 6.45) is 5.46. The van der Waals surface area contributed by atoms with E-state index < -0.39 is 0 Å². The van der Waals surface area contributed by atoms with Crippen molar-refractivity contribution in [2.75, 3.05) is 0 Å². The van der Waals surface area contributed by atoms with Crippen LogP contribution < -0.4 is 17.4 Å². The van der Waals surface area contributed by atoms with Crippen molar-refractivity contribution in [1.82, 2.24) is 15.0 Å². The van der Waals surface area contributed by atoms with Gasteiger partial charge >= 0.3 is 5.65 Å². The Kier molecular flexibility index (Phi) is 4.14. The first-order valence-electron chi connectivity index (χ1n) is 5.48. The molecule has 0 fully saturated rings. The van der Waals surface area contributed by atoms with Crippen molar-refractivity contribution in [3.63, 3.8) is 0 Å². The van der Waals surface area contributed by atoms with Crippen molar-refractivity contribution in [3.05, 3.63) is 53.2 Å². The van der Waals surface area contributed by atoms with Crippen LogP contribution in [0.5, 0.6) is 0 Å². The van der Waals surface area contributed by atoms with E-state index >= 15 is 0 Å². The molecule has 0 atom stereocenters. The Labute approximate surface area is 121 Å². The number of benzene rings is 1. The van der Waals surface area contributed by atoms with E-state index in [-0.39, 0.29) is 12.4 Å². The Balaban J connectivity index is 0.00000133. The van der Waals surface area contributed by atoms with Crippen molar-refractivity contribution in [1.29, 1.82) is 0 Å². The Bertz CT molecular complexity index is 707. The first kappa shape index (κ1) is 13.5. The molecule has 2 aromatic heterocycles. The van der Waals surface area contributed by atoms with Crippen LogP contribution in [0.1, 0.15) is 11.4 Å². The van der Waals surface area contributed by atoms with Gasteiger partial charge in [-0.15, -0.1) is 0 Å². The molecule has 0 radical (unpaired) electrons. The van der Waals surface area contributed by atoms with Gasteiger partial charge in [-0.25, -0.2) is 4.98 Å². The SMILES string of the molecule is Clc1nc(/C=C/c2ccccc2)nc2[nH+]c[nH]c12.[Cl-]. The van der Waals surface area contributed by atoms with Gasteiger partial charge in [-0.2, -0.15) is 4.98 Å². The lowest BCUT2D eigenvalue weighted by atomic mass is 10.2. The highest BCUT2D eigenvalue weighted by Gasteiger charge is 2.12. The van der Waals surface area contributed by atoms with E-state index in [9.17, 15) is 0 Å². The van der Waals surface area contributed by atoms with Crippen LogP contribution in [0.2, 0.25) is 5.15 Å².